The zero-order chi connectivity index (χ0) is 15.4. The lowest BCUT2D eigenvalue weighted by molar-refractivity contribution is 0.112. The van der Waals surface area contributed by atoms with Crippen molar-refractivity contribution in [2.75, 3.05) is 7.11 Å². The normalized spacial score (nSPS) is 18.0. The van der Waals surface area contributed by atoms with Gasteiger partial charge in [-0.3, -0.25) is 4.79 Å². The Bertz CT molecular complexity index is 584. The van der Waals surface area contributed by atoms with Crippen molar-refractivity contribution in [3.63, 3.8) is 0 Å². The number of hydrogen-bond donors (Lipinski definition) is 1. The van der Waals surface area contributed by atoms with Crippen LogP contribution in [0.25, 0.3) is 0 Å². The molecule has 112 valence electrons. The van der Waals surface area contributed by atoms with Crippen LogP contribution in [0.1, 0.15) is 42.1 Å². The molecule has 1 atom stereocenters. The molecule has 0 spiro atoms. The highest BCUT2D eigenvalue weighted by molar-refractivity contribution is 5.81. The Morgan fingerprint density at radius 1 is 1.52 bits per heavy atom. The maximum atomic E-state index is 11.0. The monoisotopic (exact) mass is 286 g/mol. The second kappa shape index (κ2) is 6.61. The van der Waals surface area contributed by atoms with E-state index >= 15 is 0 Å². The molecule has 0 aliphatic heterocycles. The summed E-state index contributed by atoms with van der Waals surface area (Å²) in [5.41, 5.74) is 3.45. The molecule has 3 heteroatoms. The number of benzene rings is 1. The molecular weight excluding hydrogens is 264 g/mol. The molecule has 21 heavy (non-hydrogen) atoms. The lowest BCUT2D eigenvalue weighted by Gasteiger charge is -2.23. The predicted molar refractivity (Wildman–Crippen MR) is 84.0 cm³/mol. The van der Waals surface area contributed by atoms with Crippen LogP contribution in [0.5, 0.6) is 11.5 Å². The van der Waals surface area contributed by atoms with Gasteiger partial charge in [0.1, 0.15) is 11.5 Å². The largest absolute Gasteiger partial charge is 0.507 e. The Kier molecular flexibility index (Phi) is 4.84. The zero-order valence-corrected chi connectivity index (χ0v) is 12.7. The number of ether oxygens (including phenoxy) is 1. The fraction of sp³-hybridized carbons (Fsp3) is 0.389. The summed E-state index contributed by atoms with van der Waals surface area (Å²) in [7, 11) is 1.56. The van der Waals surface area contributed by atoms with Gasteiger partial charge in [0.25, 0.3) is 0 Å². The lowest BCUT2D eigenvalue weighted by Crippen LogP contribution is -2.10. The second-order valence-electron chi connectivity index (χ2n) is 5.66. The van der Waals surface area contributed by atoms with E-state index in [1.165, 1.54) is 5.57 Å². The highest BCUT2D eigenvalue weighted by Gasteiger charge is 2.20. The van der Waals surface area contributed by atoms with Gasteiger partial charge in [-0.1, -0.05) is 23.8 Å². The average Bonchev–Trinajstić information content (AvgIpc) is 2.49. The van der Waals surface area contributed by atoms with E-state index in [1.807, 2.05) is 0 Å². The Morgan fingerprint density at radius 3 is 2.86 bits per heavy atom. The first-order valence-electron chi connectivity index (χ1n) is 7.24. The standard InChI is InChI=1S/C18H22O3/c1-12-4-6-14(7-5-12)13(2)10-16-17(21-3)9-8-15(11-19)18(16)20/h4,8-9,11,14,20H,2,5-7,10H2,1,3H3/t14-/m1/s1. The second-order valence-corrected chi connectivity index (χ2v) is 5.66. The van der Waals surface area contributed by atoms with Crippen molar-refractivity contribution in [1.82, 2.24) is 0 Å². The van der Waals surface area contributed by atoms with Crippen LogP contribution in [0.15, 0.2) is 35.9 Å². The van der Waals surface area contributed by atoms with Gasteiger partial charge in [-0.15, -0.1) is 0 Å². The van der Waals surface area contributed by atoms with E-state index in [0.29, 0.717) is 29.9 Å². The molecule has 0 unspecified atom stereocenters. The summed E-state index contributed by atoms with van der Waals surface area (Å²) < 4.78 is 5.30. The SMILES string of the molecule is C=C(Cc1c(OC)ccc(C=O)c1O)[C@@H]1CC=C(C)CC1. The Morgan fingerprint density at radius 2 is 2.29 bits per heavy atom. The summed E-state index contributed by atoms with van der Waals surface area (Å²) >= 11 is 0. The fourth-order valence-electron chi connectivity index (χ4n) is 2.80. The van der Waals surface area contributed by atoms with Gasteiger partial charge in [0.2, 0.25) is 0 Å². The molecule has 0 heterocycles. The number of allylic oxidation sites excluding steroid dienone is 3. The molecule has 0 amide bonds. The minimum atomic E-state index is 0.00744. The van der Waals surface area contributed by atoms with Crippen LogP contribution in [0, 0.1) is 5.92 Å². The molecule has 2 rings (SSSR count). The van der Waals surface area contributed by atoms with Gasteiger partial charge in [-0.25, -0.2) is 0 Å². The number of aldehydes is 1. The van der Waals surface area contributed by atoms with Crippen molar-refractivity contribution in [2.24, 2.45) is 5.92 Å². The van der Waals surface area contributed by atoms with Gasteiger partial charge in [0.05, 0.1) is 12.7 Å². The van der Waals surface area contributed by atoms with Crippen LogP contribution >= 0.6 is 0 Å². The van der Waals surface area contributed by atoms with E-state index in [4.69, 9.17) is 4.74 Å². The molecule has 0 fully saturated rings. The quantitative estimate of drug-likeness (QED) is 0.656. The Hall–Kier alpha value is -2.03. The molecule has 0 saturated heterocycles. The van der Waals surface area contributed by atoms with Crippen LogP contribution in [-0.4, -0.2) is 18.5 Å². The minimum Gasteiger partial charge on any atom is -0.507 e. The first kappa shape index (κ1) is 15.4. The molecule has 0 bridgehead atoms. The number of phenolic OH excluding ortho intramolecular Hbond substituents is 1. The van der Waals surface area contributed by atoms with Gasteiger partial charge in [0.15, 0.2) is 6.29 Å². The number of carbonyl (C=O) groups is 1. The first-order chi connectivity index (χ1) is 10.1. The summed E-state index contributed by atoms with van der Waals surface area (Å²) in [5, 5.41) is 10.2. The maximum absolute atomic E-state index is 11.0. The van der Waals surface area contributed by atoms with E-state index in [9.17, 15) is 9.90 Å². The van der Waals surface area contributed by atoms with E-state index in [0.717, 1.165) is 24.8 Å². The molecule has 0 aromatic heterocycles. The molecule has 1 aliphatic rings. The van der Waals surface area contributed by atoms with Crippen molar-refractivity contribution in [2.45, 2.75) is 32.6 Å². The summed E-state index contributed by atoms with van der Waals surface area (Å²) in [4.78, 5) is 11.0. The maximum Gasteiger partial charge on any atom is 0.153 e. The minimum absolute atomic E-state index is 0.00744. The van der Waals surface area contributed by atoms with E-state index in [2.05, 4.69) is 19.6 Å². The number of rotatable bonds is 5. The summed E-state index contributed by atoms with van der Waals surface area (Å²) in [6, 6.07) is 3.29. The third kappa shape index (κ3) is 3.35. The van der Waals surface area contributed by atoms with Crippen molar-refractivity contribution in [3.05, 3.63) is 47.1 Å². The van der Waals surface area contributed by atoms with Gasteiger partial charge < -0.3 is 9.84 Å². The smallest absolute Gasteiger partial charge is 0.153 e. The van der Waals surface area contributed by atoms with E-state index in [1.54, 1.807) is 19.2 Å². The van der Waals surface area contributed by atoms with Gasteiger partial charge >= 0.3 is 0 Å². The molecule has 1 aromatic carbocycles. The van der Waals surface area contributed by atoms with Crippen LogP contribution in [-0.2, 0) is 6.42 Å². The third-order valence-electron chi connectivity index (χ3n) is 4.24. The van der Waals surface area contributed by atoms with E-state index in [-0.39, 0.29) is 11.3 Å². The molecule has 3 nitrogen and oxygen atoms in total. The summed E-state index contributed by atoms with van der Waals surface area (Å²) in [6.45, 7) is 6.34. The molecule has 0 saturated carbocycles. The summed E-state index contributed by atoms with van der Waals surface area (Å²) in [5.74, 6) is 1.03. The molecule has 1 N–H and O–H groups in total. The van der Waals surface area contributed by atoms with Crippen LogP contribution in [0.2, 0.25) is 0 Å². The van der Waals surface area contributed by atoms with Crippen molar-refractivity contribution in [1.29, 1.82) is 0 Å². The molecule has 1 aliphatic carbocycles. The highest BCUT2D eigenvalue weighted by Crippen LogP contribution is 2.36. The predicted octanol–water partition coefficient (Wildman–Crippen LogP) is 4.06. The molecule has 1 aromatic rings. The zero-order valence-electron chi connectivity index (χ0n) is 12.7. The van der Waals surface area contributed by atoms with Crippen molar-refractivity contribution < 1.29 is 14.6 Å². The number of hydrogen-bond acceptors (Lipinski definition) is 3. The van der Waals surface area contributed by atoms with Gasteiger partial charge in [-0.2, -0.15) is 0 Å². The van der Waals surface area contributed by atoms with Gasteiger partial charge in [0, 0.05) is 12.0 Å². The fourth-order valence-corrected chi connectivity index (χ4v) is 2.80. The lowest BCUT2D eigenvalue weighted by atomic mass is 9.82. The highest BCUT2D eigenvalue weighted by atomic mass is 16.5. The van der Waals surface area contributed by atoms with E-state index < -0.39 is 0 Å². The average molecular weight is 286 g/mol. The molecule has 0 radical (unpaired) electrons. The summed E-state index contributed by atoms with van der Waals surface area (Å²) in [6.07, 6.45) is 6.65. The number of methoxy groups -OCH3 is 1. The number of carbonyl (C=O) groups excluding carboxylic acids is 1. The topological polar surface area (TPSA) is 46.5 Å². The van der Waals surface area contributed by atoms with Crippen molar-refractivity contribution in [3.8, 4) is 11.5 Å². The third-order valence-corrected chi connectivity index (χ3v) is 4.24. The van der Waals surface area contributed by atoms with Crippen LogP contribution in [0.3, 0.4) is 0 Å². The Balaban J connectivity index is 2.22. The van der Waals surface area contributed by atoms with Crippen molar-refractivity contribution >= 4 is 6.29 Å². The molecular formula is C18H22O3. The number of aromatic hydroxyl groups is 1. The number of phenols is 1. The van der Waals surface area contributed by atoms with Gasteiger partial charge in [-0.05, 0) is 44.2 Å². The van der Waals surface area contributed by atoms with Crippen LogP contribution in [0.4, 0.5) is 0 Å². The first-order valence-corrected chi connectivity index (χ1v) is 7.24. The Labute approximate surface area is 125 Å². The van der Waals surface area contributed by atoms with Crippen LogP contribution < -0.4 is 4.74 Å².